The molecule has 2 unspecified atom stereocenters. The summed E-state index contributed by atoms with van der Waals surface area (Å²) in [4.78, 5) is 0. The molecule has 1 fully saturated rings. The maximum atomic E-state index is 11.9. The molecule has 0 saturated carbocycles. The van der Waals surface area contributed by atoms with Crippen LogP contribution in [0.25, 0.3) is 0 Å². The molecule has 0 aliphatic carbocycles. The summed E-state index contributed by atoms with van der Waals surface area (Å²) in [6, 6.07) is -0.159. The zero-order valence-electron chi connectivity index (χ0n) is 9.67. The van der Waals surface area contributed by atoms with E-state index in [0.717, 1.165) is 6.26 Å². The first-order chi connectivity index (χ1) is 7.12. The summed E-state index contributed by atoms with van der Waals surface area (Å²) in [6.07, 6.45) is 0.931. The Balaban J connectivity index is 2.90. The van der Waals surface area contributed by atoms with Crippen molar-refractivity contribution in [2.45, 2.75) is 25.9 Å². The van der Waals surface area contributed by atoms with Gasteiger partial charge < -0.3 is 5.32 Å². The van der Waals surface area contributed by atoms with Gasteiger partial charge in [-0.1, -0.05) is 0 Å². The number of nitrogens with one attached hydrogen (secondary N) is 1. The van der Waals surface area contributed by atoms with Gasteiger partial charge in [-0.25, -0.2) is 16.8 Å². The average Bonchev–Trinajstić information content (AvgIpc) is 2.04. The number of nitrogens with zero attached hydrogens (tertiary/aromatic N) is 1. The van der Waals surface area contributed by atoms with Crippen molar-refractivity contribution in [2.24, 2.45) is 0 Å². The number of piperazine rings is 1. The fourth-order valence-electron chi connectivity index (χ4n) is 1.71. The third-order valence-corrected chi connectivity index (χ3v) is 6.56. The van der Waals surface area contributed by atoms with E-state index in [0.29, 0.717) is 13.1 Å². The van der Waals surface area contributed by atoms with Crippen LogP contribution in [0.2, 0.25) is 0 Å². The Morgan fingerprint density at radius 1 is 1.25 bits per heavy atom. The number of sulfone groups is 1. The van der Waals surface area contributed by atoms with Crippen LogP contribution in [0.4, 0.5) is 0 Å². The normalized spacial score (nSPS) is 29.2. The highest BCUT2D eigenvalue weighted by Crippen LogP contribution is 2.14. The van der Waals surface area contributed by atoms with E-state index in [1.165, 1.54) is 4.31 Å². The van der Waals surface area contributed by atoms with Gasteiger partial charge in [-0.2, -0.15) is 4.31 Å². The van der Waals surface area contributed by atoms with E-state index >= 15 is 0 Å². The summed E-state index contributed by atoms with van der Waals surface area (Å²) in [7, 11) is -7.24. The topological polar surface area (TPSA) is 83.6 Å². The highest BCUT2D eigenvalue weighted by molar-refractivity contribution is 8.06. The molecule has 0 aromatic heterocycles. The maximum absolute atomic E-state index is 11.9. The zero-order chi connectivity index (χ0) is 12.6. The Morgan fingerprint density at radius 3 is 2.31 bits per heavy atom. The third-order valence-electron chi connectivity index (χ3n) is 2.43. The third kappa shape index (κ3) is 3.69. The van der Waals surface area contributed by atoms with Crippen LogP contribution in [-0.4, -0.2) is 57.7 Å². The van der Waals surface area contributed by atoms with E-state index in [4.69, 9.17) is 0 Å². The molecular weight excluding hydrogens is 252 g/mol. The Kier molecular flexibility index (Phi) is 3.99. The number of hydrogen-bond donors (Lipinski definition) is 1. The second kappa shape index (κ2) is 4.59. The van der Waals surface area contributed by atoms with Gasteiger partial charge in [0.2, 0.25) is 10.0 Å². The molecular formula is C8H18N2O4S2. The van der Waals surface area contributed by atoms with Gasteiger partial charge in [-0.3, -0.25) is 0 Å². The molecule has 0 radical (unpaired) electrons. The van der Waals surface area contributed by atoms with Crippen molar-refractivity contribution in [3.8, 4) is 0 Å². The number of sulfonamides is 1. The van der Waals surface area contributed by atoms with Crippen molar-refractivity contribution in [1.29, 1.82) is 0 Å². The number of hydrogen-bond acceptors (Lipinski definition) is 5. The first-order valence-electron chi connectivity index (χ1n) is 5.02. The van der Waals surface area contributed by atoms with Gasteiger partial charge in [-0.15, -0.1) is 0 Å². The van der Waals surface area contributed by atoms with Gasteiger partial charge >= 0.3 is 0 Å². The Hall–Kier alpha value is -0.180. The lowest BCUT2D eigenvalue weighted by Gasteiger charge is -2.36. The SMILES string of the molecule is CC1CN(S(=O)(=O)CS(C)(=O)=O)C(C)CN1. The van der Waals surface area contributed by atoms with E-state index in [9.17, 15) is 16.8 Å². The summed E-state index contributed by atoms with van der Waals surface area (Å²) in [6.45, 7) is 4.50. The average molecular weight is 270 g/mol. The van der Waals surface area contributed by atoms with Crippen molar-refractivity contribution in [2.75, 3.05) is 24.4 Å². The minimum absolute atomic E-state index is 0.0468. The standard InChI is InChI=1S/C8H18N2O4S2/c1-7-5-10(8(2)4-9-7)16(13,14)6-15(3,11)12/h7-9H,4-6H2,1-3H3. The molecule has 0 aromatic rings. The lowest BCUT2D eigenvalue weighted by molar-refractivity contribution is 0.245. The van der Waals surface area contributed by atoms with Crippen molar-refractivity contribution in [3.05, 3.63) is 0 Å². The molecule has 1 heterocycles. The van der Waals surface area contributed by atoms with E-state index in [-0.39, 0.29) is 12.1 Å². The van der Waals surface area contributed by atoms with Gasteiger partial charge in [-0.05, 0) is 13.8 Å². The van der Waals surface area contributed by atoms with Crippen LogP contribution < -0.4 is 5.32 Å². The summed E-state index contributed by atoms with van der Waals surface area (Å²) in [5.41, 5.74) is 0. The van der Waals surface area contributed by atoms with Crippen molar-refractivity contribution >= 4 is 19.9 Å². The molecule has 1 rings (SSSR count). The summed E-state index contributed by atoms with van der Waals surface area (Å²) >= 11 is 0. The smallest absolute Gasteiger partial charge is 0.228 e. The second-order valence-electron chi connectivity index (χ2n) is 4.38. The molecule has 0 spiro atoms. The quantitative estimate of drug-likeness (QED) is 0.711. The molecule has 1 aliphatic rings. The van der Waals surface area contributed by atoms with E-state index in [1.54, 1.807) is 6.92 Å². The van der Waals surface area contributed by atoms with Crippen LogP contribution in [0.15, 0.2) is 0 Å². The Bertz CT molecular complexity index is 443. The minimum atomic E-state index is -3.72. The predicted molar refractivity (Wildman–Crippen MR) is 62.3 cm³/mol. The minimum Gasteiger partial charge on any atom is -0.311 e. The van der Waals surface area contributed by atoms with E-state index in [1.807, 2.05) is 6.92 Å². The molecule has 96 valence electrons. The van der Waals surface area contributed by atoms with Crippen LogP contribution in [0.5, 0.6) is 0 Å². The molecule has 0 amide bonds. The van der Waals surface area contributed by atoms with Crippen LogP contribution in [0.3, 0.4) is 0 Å². The molecule has 16 heavy (non-hydrogen) atoms. The van der Waals surface area contributed by atoms with E-state index < -0.39 is 24.9 Å². The first-order valence-corrected chi connectivity index (χ1v) is 8.69. The predicted octanol–water partition coefficient (Wildman–Crippen LogP) is -0.999. The lowest BCUT2D eigenvalue weighted by Crippen LogP contribution is -2.56. The molecule has 8 heteroatoms. The van der Waals surface area contributed by atoms with Gasteiger partial charge in [0.15, 0.2) is 14.9 Å². The Morgan fingerprint density at radius 2 is 1.81 bits per heavy atom. The molecule has 6 nitrogen and oxygen atoms in total. The maximum Gasteiger partial charge on any atom is 0.228 e. The molecule has 2 atom stereocenters. The fraction of sp³-hybridized carbons (Fsp3) is 1.00. The molecule has 1 saturated heterocycles. The van der Waals surface area contributed by atoms with Crippen LogP contribution >= 0.6 is 0 Å². The van der Waals surface area contributed by atoms with Gasteiger partial charge in [0, 0.05) is 31.4 Å². The molecule has 0 bridgehead atoms. The zero-order valence-corrected chi connectivity index (χ0v) is 11.3. The Labute approximate surface area is 97.0 Å². The summed E-state index contributed by atoms with van der Waals surface area (Å²) < 4.78 is 47.1. The van der Waals surface area contributed by atoms with Crippen LogP contribution in [-0.2, 0) is 19.9 Å². The van der Waals surface area contributed by atoms with Crippen LogP contribution in [0, 0.1) is 0 Å². The summed E-state index contributed by atoms with van der Waals surface area (Å²) in [5.74, 6) is 0. The fourth-order valence-corrected chi connectivity index (χ4v) is 5.49. The number of rotatable bonds is 3. The van der Waals surface area contributed by atoms with Gasteiger partial charge in [0.1, 0.15) is 0 Å². The van der Waals surface area contributed by atoms with Crippen molar-refractivity contribution in [1.82, 2.24) is 9.62 Å². The first kappa shape index (κ1) is 13.9. The van der Waals surface area contributed by atoms with Gasteiger partial charge in [0.25, 0.3) is 0 Å². The molecule has 1 N–H and O–H groups in total. The summed E-state index contributed by atoms with van der Waals surface area (Å²) in [5, 5.41) is 2.33. The van der Waals surface area contributed by atoms with Gasteiger partial charge in [0.05, 0.1) is 0 Å². The highest BCUT2D eigenvalue weighted by atomic mass is 32.3. The van der Waals surface area contributed by atoms with E-state index in [2.05, 4.69) is 5.32 Å². The highest BCUT2D eigenvalue weighted by Gasteiger charge is 2.34. The monoisotopic (exact) mass is 270 g/mol. The van der Waals surface area contributed by atoms with Crippen LogP contribution in [0.1, 0.15) is 13.8 Å². The molecule has 0 aromatic carbocycles. The largest absolute Gasteiger partial charge is 0.311 e. The van der Waals surface area contributed by atoms with Crippen molar-refractivity contribution < 1.29 is 16.8 Å². The van der Waals surface area contributed by atoms with Crippen molar-refractivity contribution in [3.63, 3.8) is 0 Å². The lowest BCUT2D eigenvalue weighted by atomic mass is 10.2. The molecule has 1 aliphatic heterocycles. The second-order valence-corrected chi connectivity index (χ2v) is 8.81.